The number of allylic oxidation sites excluding steroid dienone is 1. The summed E-state index contributed by atoms with van der Waals surface area (Å²) in [4.78, 5) is 3.66. The molecule has 2 aromatic rings. The largest absolute Gasteiger partial charge is 0.497 e. The van der Waals surface area contributed by atoms with Gasteiger partial charge >= 0.3 is 0 Å². The van der Waals surface area contributed by atoms with E-state index in [9.17, 15) is 0 Å². The molecule has 2 nitrogen and oxygen atoms in total. The Balaban J connectivity index is 2.21. The van der Waals surface area contributed by atoms with E-state index in [2.05, 4.69) is 72.9 Å². The number of benzene rings is 1. The molecule has 0 saturated carbocycles. The molecule has 0 spiro atoms. The van der Waals surface area contributed by atoms with E-state index >= 15 is 0 Å². The zero-order valence-corrected chi connectivity index (χ0v) is 16.1. The summed E-state index contributed by atoms with van der Waals surface area (Å²) >= 11 is 3.78. The molecule has 1 aromatic carbocycles. The van der Waals surface area contributed by atoms with E-state index < -0.39 is 0 Å². The third kappa shape index (κ3) is 2.55. The Morgan fingerprint density at radius 3 is 2.78 bits per heavy atom. The van der Waals surface area contributed by atoms with Crippen LogP contribution in [0, 0.1) is 6.92 Å². The van der Waals surface area contributed by atoms with Crippen LogP contribution in [0.3, 0.4) is 0 Å². The van der Waals surface area contributed by atoms with Crippen molar-refractivity contribution in [2.24, 2.45) is 0 Å². The van der Waals surface area contributed by atoms with Crippen LogP contribution in [0.5, 0.6) is 5.75 Å². The molecule has 23 heavy (non-hydrogen) atoms. The second kappa shape index (κ2) is 5.86. The summed E-state index contributed by atoms with van der Waals surface area (Å²) in [6.07, 6.45) is 4.23. The monoisotopic (exact) mass is 373 g/mol. The van der Waals surface area contributed by atoms with Crippen LogP contribution < -0.4 is 4.74 Å². The molecule has 122 valence electrons. The van der Waals surface area contributed by atoms with Crippen molar-refractivity contribution in [2.45, 2.75) is 46.0 Å². The van der Waals surface area contributed by atoms with Crippen LogP contribution in [-0.4, -0.2) is 12.1 Å². The van der Waals surface area contributed by atoms with E-state index in [1.165, 1.54) is 38.1 Å². The number of aromatic nitrogens is 1. The predicted molar refractivity (Wildman–Crippen MR) is 101 cm³/mol. The molecule has 0 aliphatic heterocycles. The first-order chi connectivity index (χ1) is 10.9. The highest BCUT2D eigenvalue weighted by molar-refractivity contribution is 9.15. The van der Waals surface area contributed by atoms with E-state index in [0.717, 1.165) is 18.6 Å². The molecule has 1 aromatic heterocycles. The zero-order valence-electron chi connectivity index (χ0n) is 14.5. The maximum atomic E-state index is 5.43. The number of aromatic amines is 1. The third-order valence-electron chi connectivity index (χ3n) is 4.90. The average Bonchev–Trinajstić information content (AvgIpc) is 2.85. The molecule has 0 saturated heterocycles. The van der Waals surface area contributed by atoms with Crippen LogP contribution in [0.4, 0.5) is 0 Å². The van der Waals surface area contributed by atoms with Crippen LogP contribution in [0.1, 0.15) is 60.8 Å². The van der Waals surface area contributed by atoms with Gasteiger partial charge in [0, 0.05) is 33.3 Å². The summed E-state index contributed by atoms with van der Waals surface area (Å²) in [5.41, 5.74) is 8.00. The Morgan fingerprint density at radius 1 is 1.39 bits per heavy atom. The number of aryl methyl sites for hydroxylation is 1. The summed E-state index contributed by atoms with van der Waals surface area (Å²) < 4.78 is 6.63. The lowest BCUT2D eigenvalue weighted by atomic mass is 9.71. The molecule has 0 amide bonds. The van der Waals surface area contributed by atoms with Crippen LogP contribution >= 0.6 is 15.9 Å². The van der Waals surface area contributed by atoms with Crippen molar-refractivity contribution < 1.29 is 4.74 Å². The van der Waals surface area contributed by atoms with Crippen LogP contribution in [0.2, 0.25) is 0 Å². The van der Waals surface area contributed by atoms with Gasteiger partial charge in [-0.05, 0) is 42.2 Å². The topological polar surface area (TPSA) is 25.0 Å². The van der Waals surface area contributed by atoms with Crippen molar-refractivity contribution in [3.8, 4) is 5.75 Å². The fourth-order valence-corrected chi connectivity index (χ4v) is 4.60. The van der Waals surface area contributed by atoms with Gasteiger partial charge < -0.3 is 9.72 Å². The quantitative estimate of drug-likeness (QED) is 0.732. The maximum absolute atomic E-state index is 5.43. The molecule has 0 unspecified atom stereocenters. The number of rotatable bonds is 3. The summed E-state index contributed by atoms with van der Waals surface area (Å²) in [6.45, 7) is 8.92. The molecule has 1 aliphatic carbocycles. The number of methoxy groups -OCH3 is 1. The zero-order chi connectivity index (χ0) is 16.8. The molecule has 3 heteroatoms. The molecule has 0 fully saturated rings. The van der Waals surface area contributed by atoms with Gasteiger partial charge in [0.2, 0.25) is 0 Å². The van der Waals surface area contributed by atoms with Gasteiger partial charge in [0.05, 0.1) is 7.11 Å². The number of fused-ring (bicyclic) bond motifs is 2. The van der Waals surface area contributed by atoms with Gasteiger partial charge in [0.15, 0.2) is 0 Å². The Kier molecular flexibility index (Phi) is 4.18. The summed E-state index contributed by atoms with van der Waals surface area (Å²) in [7, 11) is 1.73. The minimum absolute atomic E-state index is 0.0556. The Morgan fingerprint density at radius 2 is 2.13 bits per heavy atom. The van der Waals surface area contributed by atoms with Gasteiger partial charge in [-0.25, -0.2) is 0 Å². The first-order valence-corrected chi connectivity index (χ1v) is 8.94. The second-order valence-electron chi connectivity index (χ2n) is 6.76. The van der Waals surface area contributed by atoms with Gasteiger partial charge in [0.25, 0.3) is 0 Å². The molecule has 1 aliphatic rings. The van der Waals surface area contributed by atoms with Crippen molar-refractivity contribution in [1.29, 1.82) is 0 Å². The third-order valence-corrected chi connectivity index (χ3v) is 5.62. The van der Waals surface area contributed by atoms with Crippen LogP contribution in [0.15, 0.2) is 24.3 Å². The Hall–Kier alpha value is -1.48. The molecule has 1 heterocycles. The van der Waals surface area contributed by atoms with Crippen LogP contribution in [-0.2, 0) is 11.8 Å². The maximum Gasteiger partial charge on any atom is 0.119 e. The normalized spacial score (nSPS) is 16.0. The van der Waals surface area contributed by atoms with Gasteiger partial charge in [-0.15, -0.1) is 0 Å². The van der Waals surface area contributed by atoms with E-state index in [4.69, 9.17) is 4.74 Å². The predicted octanol–water partition coefficient (Wildman–Crippen LogP) is 5.71. The summed E-state index contributed by atoms with van der Waals surface area (Å²) in [5.74, 6) is 0.927. The Bertz CT molecular complexity index is 783. The number of ether oxygens (including phenoxy) is 1. The fraction of sp³-hybridized carbons (Fsp3) is 0.400. The average molecular weight is 374 g/mol. The van der Waals surface area contributed by atoms with Gasteiger partial charge in [-0.3, -0.25) is 0 Å². The van der Waals surface area contributed by atoms with Crippen molar-refractivity contribution in [3.63, 3.8) is 0 Å². The molecule has 0 radical (unpaired) electrons. The lowest BCUT2D eigenvalue weighted by Crippen LogP contribution is -2.27. The minimum atomic E-state index is -0.0556. The minimum Gasteiger partial charge on any atom is -0.497 e. The van der Waals surface area contributed by atoms with Crippen molar-refractivity contribution in [1.82, 2.24) is 4.98 Å². The van der Waals surface area contributed by atoms with E-state index in [1.807, 2.05) is 0 Å². The van der Waals surface area contributed by atoms with Gasteiger partial charge in [0.1, 0.15) is 5.75 Å². The Labute approximate surface area is 147 Å². The molecular weight excluding hydrogens is 350 g/mol. The second-order valence-corrected chi connectivity index (χ2v) is 7.62. The lowest BCUT2D eigenvalue weighted by molar-refractivity contribution is 0.412. The highest BCUT2D eigenvalue weighted by Gasteiger charge is 2.36. The molecular formula is C20H24BrNO. The summed E-state index contributed by atoms with van der Waals surface area (Å²) in [5, 5.41) is 0. The van der Waals surface area contributed by atoms with Crippen molar-refractivity contribution >= 4 is 20.4 Å². The molecule has 1 N–H and O–H groups in total. The first kappa shape index (κ1) is 16.4. The number of hydrogen-bond acceptors (Lipinski definition) is 1. The molecule has 0 bridgehead atoms. The fourth-order valence-electron chi connectivity index (χ4n) is 3.74. The van der Waals surface area contributed by atoms with E-state index in [-0.39, 0.29) is 5.41 Å². The SMILES string of the molecule is CC/C=C(/Br)c1c(C)[nH]c2c1Cc1ccc(OC)cc1C2(C)C. The molecule has 0 atom stereocenters. The van der Waals surface area contributed by atoms with Gasteiger partial charge in [-0.2, -0.15) is 0 Å². The number of H-pyrrole nitrogens is 1. The highest BCUT2D eigenvalue weighted by Crippen LogP contribution is 2.45. The number of hydrogen-bond donors (Lipinski definition) is 1. The van der Waals surface area contributed by atoms with Crippen molar-refractivity contribution in [2.75, 3.05) is 7.11 Å². The first-order valence-electron chi connectivity index (χ1n) is 8.15. The number of halogens is 1. The standard InChI is InChI=1S/C20H24BrNO/c1-6-7-17(21)18-12(2)22-19-15(18)10-13-8-9-14(23-5)11-16(13)20(19,3)4/h7-9,11,22H,6,10H2,1-5H3/b17-7+. The van der Waals surface area contributed by atoms with E-state index in [1.54, 1.807) is 7.11 Å². The highest BCUT2D eigenvalue weighted by atomic mass is 79.9. The van der Waals surface area contributed by atoms with E-state index in [0.29, 0.717) is 0 Å². The van der Waals surface area contributed by atoms with Crippen molar-refractivity contribution in [3.05, 3.63) is 57.9 Å². The molecule has 3 rings (SSSR count). The summed E-state index contributed by atoms with van der Waals surface area (Å²) in [6, 6.07) is 6.46. The van der Waals surface area contributed by atoms with Crippen LogP contribution in [0.25, 0.3) is 4.48 Å². The lowest BCUT2D eigenvalue weighted by Gasteiger charge is -2.33. The number of nitrogens with one attached hydrogen (secondary N) is 1. The smallest absolute Gasteiger partial charge is 0.119 e. The van der Waals surface area contributed by atoms with Gasteiger partial charge in [-0.1, -0.05) is 48.8 Å².